The van der Waals surface area contributed by atoms with Crippen molar-refractivity contribution in [2.45, 2.75) is 6.42 Å². The molecule has 1 heterocycles. The number of rotatable bonds is 4. The van der Waals surface area contributed by atoms with Crippen LogP contribution in [-0.4, -0.2) is 32.8 Å². The van der Waals surface area contributed by atoms with Gasteiger partial charge in [0.25, 0.3) is 0 Å². The molecule has 1 atom stereocenters. The maximum absolute atomic E-state index is 11.5. The average Bonchev–Trinajstić information content (AvgIpc) is 2.90. The van der Waals surface area contributed by atoms with E-state index in [9.17, 15) is 4.79 Å². The summed E-state index contributed by atoms with van der Waals surface area (Å²) in [5, 5.41) is 3.26. The zero-order chi connectivity index (χ0) is 13.0. The first-order valence-electron chi connectivity index (χ1n) is 6.00. The van der Waals surface area contributed by atoms with E-state index < -0.39 is 5.97 Å². The van der Waals surface area contributed by atoms with E-state index in [1.54, 1.807) is 12.1 Å². The van der Waals surface area contributed by atoms with Gasteiger partial charge in [0, 0.05) is 19.1 Å². The third kappa shape index (κ3) is 2.73. The van der Waals surface area contributed by atoms with Crippen LogP contribution in [0, 0.1) is 5.92 Å². The number of nitrogens with two attached hydrogens (primary N) is 1. The number of para-hydroxylation sites is 1. The van der Waals surface area contributed by atoms with Gasteiger partial charge >= 0.3 is 5.97 Å². The van der Waals surface area contributed by atoms with Crippen molar-refractivity contribution in [3.05, 3.63) is 23.8 Å². The zero-order valence-electron chi connectivity index (χ0n) is 10.4. The third-order valence-corrected chi connectivity index (χ3v) is 3.12. The maximum atomic E-state index is 11.5. The number of nitrogen functional groups attached to an aromatic ring is 1. The monoisotopic (exact) mass is 250 g/mol. The summed E-state index contributed by atoms with van der Waals surface area (Å²) in [4.78, 5) is 11.5. The molecule has 5 nitrogen and oxygen atoms in total. The third-order valence-electron chi connectivity index (χ3n) is 3.12. The van der Waals surface area contributed by atoms with E-state index in [-0.39, 0.29) is 0 Å². The Morgan fingerprint density at radius 3 is 3.11 bits per heavy atom. The van der Waals surface area contributed by atoms with E-state index in [0.717, 1.165) is 31.9 Å². The molecule has 0 aromatic heterocycles. The van der Waals surface area contributed by atoms with Crippen LogP contribution in [0.15, 0.2) is 18.2 Å². The fourth-order valence-electron chi connectivity index (χ4n) is 2.01. The Hall–Kier alpha value is -1.75. The maximum Gasteiger partial charge on any atom is 0.340 e. The van der Waals surface area contributed by atoms with Gasteiger partial charge in [-0.05, 0) is 18.6 Å². The molecule has 2 rings (SSSR count). The number of benzene rings is 1. The summed E-state index contributed by atoms with van der Waals surface area (Å²) in [6.07, 6.45) is 1.06. The van der Waals surface area contributed by atoms with Crippen molar-refractivity contribution in [3.8, 4) is 0 Å². The Bertz CT molecular complexity index is 428. The smallest absolute Gasteiger partial charge is 0.340 e. The minimum atomic E-state index is -0.416. The summed E-state index contributed by atoms with van der Waals surface area (Å²) < 4.78 is 9.99. The molecule has 1 fully saturated rings. The lowest BCUT2D eigenvalue weighted by atomic mass is 10.1. The van der Waals surface area contributed by atoms with Crippen molar-refractivity contribution in [1.82, 2.24) is 0 Å². The van der Waals surface area contributed by atoms with Crippen molar-refractivity contribution >= 4 is 17.3 Å². The molecule has 0 aliphatic carbocycles. The molecule has 0 spiro atoms. The molecule has 3 N–H and O–H groups in total. The van der Waals surface area contributed by atoms with Crippen LogP contribution >= 0.6 is 0 Å². The molecule has 0 saturated carbocycles. The summed E-state index contributed by atoms with van der Waals surface area (Å²) in [6.45, 7) is 2.41. The van der Waals surface area contributed by atoms with E-state index in [1.165, 1.54) is 7.11 Å². The van der Waals surface area contributed by atoms with Crippen molar-refractivity contribution < 1.29 is 14.3 Å². The summed E-state index contributed by atoms with van der Waals surface area (Å²) in [5.74, 6) is 0.0894. The normalized spacial score (nSPS) is 18.6. The van der Waals surface area contributed by atoms with E-state index in [0.29, 0.717) is 17.2 Å². The van der Waals surface area contributed by atoms with Gasteiger partial charge in [-0.3, -0.25) is 0 Å². The van der Waals surface area contributed by atoms with Crippen LogP contribution in [0.3, 0.4) is 0 Å². The molecule has 1 aliphatic rings. The quantitative estimate of drug-likeness (QED) is 0.626. The summed E-state index contributed by atoms with van der Waals surface area (Å²) >= 11 is 0. The van der Waals surface area contributed by atoms with Gasteiger partial charge in [-0.25, -0.2) is 4.79 Å². The lowest BCUT2D eigenvalue weighted by Crippen LogP contribution is -2.16. The van der Waals surface area contributed by atoms with E-state index in [2.05, 4.69) is 10.1 Å². The van der Waals surface area contributed by atoms with Crippen LogP contribution in [0.1, 0.15) is 16.8 Å². The minimum Gasteiger partial charge on any atom is -0.465 e. The van der Waals surface area contributed by atoms with Gasteiger partial charge < -0.3 is 20.5 Å². The standard InChI is InChI=1S/C13H18N2O3/c1-17-13(16)10-3-2-4-11(12(10)14)15-7-9-5-6-18-8-9/h2-4,9,15H,5-8,14H2,1H3. The van der Waals surface area contributed by atoms with Crippen LogP contribution in [0.5, 0.6) is 0 Å². The predicted octanol–water partition coefficient (Wildman–Crippen LogP) is 1.50. The number of hydrogen-bond donors (Lipinski definition) is 2. The number of hydrogen-bond acceptors (Lipinski definition) is 5. The van der Waals surface area contributed by atoms with Gasteiger partial charge in [-0.2, -0.15) is 0 Å². The largest absolute Gasteiger partial charge is 0.465 e. The topological polar surface area (TPSA) is 73.6 Å². The zero-order valence-corrected chi connectivity index (χ0v) is 10.4. The van der Waals surface area contributed by atoms with Gasteiger partial charge in [-0.15, -0.1) is 0 Å². The predicted molar refractivity (Wildman–Crippen MR) is 69.6 cm³/mol. The van der Waals surface area contributed by atoms with Crippen LogP contribution < -0.4 is 11.1 Å². The average molecular weight is 250 g/mol. The Morgan fingerprint density at radius 1 is 1.61 bits per heavy atom. The highest BCUT2D eigenvalue weighted by atomic mass is 16.5. The van der Waals surface area contributed by atoms with Crippen LogP contribution in [0.25, 0.3) is 0 Å². The molecule has 1 saturated heterocycles. The van der Waals surface area contributed by atoms with Crippen molar-refractivity contribution in [2.75, 3.05) is 37.9 Å². The van der Waals surface area contributed by atoms with Gasteiger partial charge in [0.1, 0.15) is 0 Å². The number of carbonyl (C=O) groups is 1. The number of esters is 1. The Morgan fingerprint density at radius 2 is 2.44 bits per heavy atom. The second-order valence-electron chi connectivity index (χ2n) is 4.37. The molecule has 0 amide bonds. The Kier molecular flexibility index (Phi) is 4.04. The highest BCUT2D eigenvalue weighted by Crippen LogP contribution is 2.24. The molecular weight excluding hydrogens is 232 g/mol. The number of methoxy groups -OCH3 is 1. The number of anilines is 2. The molecule has 1 aliphatic heterocycles. The van der Waals surface area contributed by atoms with Gasteiger partial charge in [0.15, 0.2) is 0 Å². The van der Waals surface area contributed by atoms with Crippen LogP contribution in [0.2, 0.25) is 0 Å². The summed E-state index contributed by atoms with van der Waals surface area (Å²) in [7, 11) is 1.34. The van der Waals surface area contributed by atoms with Crippen LogP contribution in [0.4, 0.5) is 11.4 Å². The summed E-state index contributed by atoms with van der Waals surface area (Å²) in [6, 6.07) is 5.30. The Balaban J connectivity index is 2.05. The molecule has 98 valence electrons. The first-order chi connectivity index (χ1) is 8.72. The molecule has 0 bridgehead atoms. The summed E-state index contributed by atoms with van der Waals surface area (Å²) in [5.41, 5.74) is 7.55. The van der Waals surface area contributed by atoms with E-state index >= 15 is 0 Å². The van der Waals surface area contributed by atoms with Gasteiger partial charge in [-0.1, -0.05) is 6.07 Å². The molecule has 1 aromatic carbocycles. The fraction of sp³-hybridized carbons (Fsp3) is 0.462. The van der Waals surface area contributed by atoms with Gasteiger partial charge in [0.2, 0.25) is 0 Å². The lowest BCUT2D eigenvalue weighted by Gasteiger charge is -2.14. The first-order valence-corrected chi connectivity index (χ1v) is 6.00. The molecule has 0 radical (unpaired) electrons. The second kappa shape index (κ2) is 5.73. The van der Waals surface area contributed by atoms with Crippen molar-refractivity contribution in [1.29, 1.82) is 0 Å². The second-order valence-corrected chi connectivity index (χ2v) is 4.37. The molecular formula is C13H18N2O3. The number of ether oxygens (including phenoxy) is 2. The number of nitrogens with one attached hydrogen (secondary N) is 1. The molecule has 18 heavy (non-hydrogen) atoms. The highest BCUT2D eigenvalue weighted by Gasteiger charge is 2.17. The SMILES string of the molecule is COC(=O)c1cccc(NCC2CCOC2)c1N. The van der Waals surface area contributed by atoms with Gasteiger partial charge in [0.05, 0.1) is 30.7 Å². The lowest BCUT2D eigenvalue weighted by molar-refractivity contribution is 0.0602. The number of carbonyl (C=O) groups excluding carboxylic acids is 1. The first kappa shape index (κ1) is 12.7. The fourth-order valence-corrected chi connectivity index (χ4v) is 2.01. The van der Waals surface area contributed by atoms with E-state index in [1.807, 2.05) is 6.07 Å². The molecule has 5 heteroatoms. The molecule has 1 unspecified atom stereocenters. The van der Waals surface area contributed by atoms with Crippen molar-refractivity contribution in [3.63, 3.8) is 0 Å². The Labute approximate surface area is 106 Å². The minimum absolute atomic E-state index is 0.394. The van der Waals surface area contributed by atoms with E-state index in [4.69, 9.17) is 10.5 Å². The highest BCUT2D eigenvalue weighted by molar-refractivity contribution is 5.98. The molecule has 1 aromatic rings. The van der Waals surface area contributed by atoms with Crippen molar-refractivity contribution in [2.24, 2.45) is 5.92 Å². The van der Waals surface area contributed by atoms with Crippen LogP contribution in [-0.2, 0) is 9.47 Å².